The highest BCUT2D eigenvalue weighted by Crippen LogP contribution is 2.30. The van der Waals surface area contributed by atoms with Crippen LogP contribution in [0.2, 0.25) is 0 Å². The third-order valence-corrected chi connectivity index (χ3v) is 9.83. The Labute approximate surface area is 186 Å². The second-order valence-electron chi connectivity index (χ2n) is 9.90. The molecule has 1 atom stereocenters. The number of fused-ring (bicyclic) bond motifs is 1. The number of hydrogen-bond acceptors (Lipinski definition) is 4. The van der Waals surface area contributed by atoms with Crippen LogP contribution in [0.3, 0.4) is 0 Å². The summed E-state index contributed by atoms with van der Waals surface area (Å²) in [5.74, 6) is 0.353. The second-order valence-corrected chi connectivity index (χ2v) is 11.8. The summed E-state index contributed by atoms with van der Waals surface area (Å²) in [7, 11) is -3.46. The van der Waals surface area contributed by atoms with E-state index in [4.69, 9.17) is 0 Å². The van der Waals surface area contributed by atoms with Crippen LogP contribution in [-0.2, 0) is 27.7 Å². The van der Waals surface area contributed by atoms with Crippen LogP contribution in [0.4, 0.5) is 0 Å². The number of hydrogen-bond donors (Lipinski definition) is 1. The number of sulfonamides is 1. The third kappa shape index (κ3) is 4.41. The molecule has 5 rings (SSSR count). The summed E-state index contributed by atoms with van der Waals surface area (Å²) >= 11 is 0. The number of piperazine rings is 1. The Bertz CT molecular complexity index is 912. The summed E-state index contributed by atoms with van der Waals surface area (Å²) in [5, 5.41) is 3.22. The van der Waals surface area contributed by atoms with Crippen molar-refractivity contribution < 1.29 is 13.2 Å². The first-order chi connectivity index (χ1) is 15.0. The fourth-order valence-electron chi connectivity index (χ4n) is 6.09. The first-order valence-electron chi connectivity index (χ1n) is 12.2. The number of nitrogens with one attached hydrogen (secondary N) is 1. The maximum Gasteiger partial charge on any atom is 0.243 e. The molecule has 6 nitrogen and oxygen atoms in total. The molecule has 2 saturated carbocycles. The lowest BCUT2D eigenvalue weighted by atomic mass is 10.1. The highest BCUT2D eigenvalue weighted by molar-refractivity contribution is 7.89. The highest BCUT2D eigenvalue weighted by Gasteiger charge is 2.33. The second kappa shape index (κ2) is 8.83. The van der Waals surface area contributed by atoms with Crippen molar-refractivity contribution in [2.75, 3.05) is 26.2 Å². The smallest absolute Gasteiger partial charge is 0.243 e. The zero-order valence-electron chi connectivity index (χ0n) is 18.4. The van der Waals surface area contributed by atoms with Gasteiger partial charge in [-0.1, -0.05) is 31.7 Å². The molecule has 1 saturated heterocycles. The molecule has 31 heavy (non-hydrogen) atoms. The van der Waals surface area contributed by atoms with Crippen molar-refractivity contribution in [3.8, 4) is 0 Å². The fraction of sp³-hybridized carbons (Fsp3) is 0.708. The molecule has 1 amide bonds. The number of benzene rings is 1. The Kier molecular flexibility index (Phi) is 6.10. The van der Waals surface area contributed by atoms with Gasteiger partial charge in [-0.25, -0.2) is 8.42 Å². The molecule has 0 spiro atoms. The SMILES string of the molecule is O=C(N[C@@H]1Cc2ccc(S(=O)(=O)N3CCN(C4CCCC4)CC3)cc2C1)C1CCCC1. The van der Waals surface area contributed by atoms with Gasteiger partial charge in [0.1, 0.15) is 0 Å². The molecule has 3 aliphatic carbocycles. The van der Waals surface area contributed by atoms with Gasteiger partial charge in [0.2, 0.25) is 15.9 Å². The van der Waals surface area contributed by atoms with Gasteiger partial charge in [0, 0.05) is 44.2 Å². The van der Waals surface area contributed by atoms with Crippen LogP contribution < -0.4 is 5.32 Å². The maximum atomic E-state index is 13.3. The van der Waals surface area contributed by atoms with E-state index in [0.29, 0.717) is 24.0 Å². The Morgan fingerprint density at radius 1 is 0.871 bits per heavy atom. The van der Waals surface area contributed by atoms with Gasteiger partial charge in [0.05, 0.1) is 4.90 Å². The van der Waals surface area contributed by atoms with Gasteiger partial charge in [-0.15, -0.1) is 0 Å². The van der Waals surface area contributed by atoms with Crippen molar-refractivity contribution in [3.05, 3.63) is 29.3 Å². The van der Waals surface area contributed by atoms with Gasteiger partial charge in [0.15, 0.2) is 0 Å². The minimum absolute atomic E-state index is 0.0935. The van der Waals surface area contributed by atoms with Crippen LogP contribution >= 0.6 is 0 Å². The van der Waals surface area contributed by atoms with E-state index in [0.717, 1.165) is 57.2 Å². The Morgan fingerprint density at radius 2 is 1.52 bits per heavy atom. The largest absolute Gasteiger partial charge is 0.352 e. The first kappa shape index (κ1) is 21.4. The van der Waals surface area contributed by atoms with Gasteiger partial charge in [-0.2, -0.15) is 4.31 Å². The van der Waals surface area contributed by atoms with Crippen molar-refractivity contribution >= 4 is 15.9 Å². The predicted octanol–water partition coefficient (Wildman–Crippen LogP) is 2.71. The first-order valence-corrected chi connectivity index (χ1v) is 13.6. The molecule has 1 aromatic rings. The Hall–Kier alpha value is -1.44. The summed E-state index contributed by atoms with van der Waals surface area (Å²) in [4.78, 5) is 15.4. The minimum Gasteiger partial charge on any atom is -0.352 e. The molecule has 170 valence electrons. The number of rotatable bonds is 5. The van der Waals surface area contributed by atoms with E-state index in [1.165, 1.54) is 31.2 Å². The number of carbonyl (C=O) groups is 1. The zero-order chi connectivity index (χ0) is 21.4. The molecule has 1 aromatic carbocycles. The molecule has 4 aliphatic rings. The van der Waals surface area contributed by atoms with Gasteiger partial charge in [-0.05, 0) is 61.8 Å². The van der Waals surface area contributed by atoms with Crippen LogP contribution in [0.15, 0.2) is 23.1 Å². The monoisotopic (exact) mass is 445 g/mol. The van der Waals surface area contributed by atoms with Crippen molar-refractivity contribution in [3.63, 3.8) is 0 Å². The van der Waals surface area contributed by atoms with E-state index in [9.17, 15) is 13.2 Å². The van der Waals surface area contributed by atoms with Crippen LogP contribution in [0, 0.1) is 5.92 Å². The average molecular weight is 446 g/mol. The predicted molar refractivity (Wildman–Crippen MR) is 120 cm³/mol. The average Bonchev–Trinajstić information content (AvgIpc) is 3.54. The molecule has 1 aliphatic heterocycles. The number of carbonyl (C=O) groups excluding carboxylic acids is 1. The molecular weight excluding hydrogens is 410 g/mol. The topological polar surface area (TPSA) is 69.7 Å². The quantitative estimate of drug-likeness (QED) is 0.757. The molecule has 1 N–H and O–H groups in total. The van der Waals surface area contributed by atoms with Gasteiger partial charge >= 0.3 is 0 Å². The summed E-state index contributed by atoms with van der Waals surface area (Å²) < 4.78 is 28.2. The summed E-state index contributed by atoms with van der Waals surface area (Å²) in [6, 6.07) is 6.32. The third-order valence-electron chi connectivity index (χ3n) is 7.93. The normalized spacial score (nSPS) is 26.4. The Balaban J connectivity index is 1.21. The molecular formula is C24H35N3O3S. The molecule has 1 heterocycles. The summed E-state index contributed by atoms with van der Waals surface area (Å²) in [6.07, 6.45) is 11.0. The lowest BCUT2D eigenvalue weighted by Gasteiger charge is -2.37. The van der Waals surface area contributed by atoms with Crippen LogP contribution in [0.1, 0.15) is 62.5 Å². The molecule has 0 radical (unpaired) electrons. The lowest BCUT2D eigenvalue weighted by molar-refractivity contribution is -0.125. The molecule has 0 unspecified atom stereocenters. The van der Waals surface area contributed by atoms with Gasteiger partial charge in [0.25, 0.3) is 0 Å². The number of nitrogens with zero attached hydrogens (tertiary/aromatic N) is 2. The highest BCUT2D eigenvalue weighted by atomic mass is 32.2. The van der Waals surface area contributed by atoms with Crippen LogP contribution in [0.25, 0.3) is 0 Å². The fourth-order valence-corrected chi connectivity index (χ4v) is 7.56. The van der Waals surface area contributed by atoms with Crippen LogP contribution in [0.5, 0.6) is 0 Å². The lowest BCUT2D eigenvalue weighted by Crippen LogP contribution is -2.51. The van der Waals surface area contributed by atoms with E-state index in [1.54, 1.807) is 10.4 Å². The number of amides is 1. The minimum atomic E-state index is -3.46. The van der Waals surface area contributed by atoms with E-state index < -0.39 is 10.0 Å². The van der Waals surface area contributed by atoms with E-state index in [-0.39, 0.29) is 17.9 Å². The summed E-state index contributed by atoms with van der Waals surface area (Å²) in [6.45, 7) is 2.83. The standard InChI is InChI=1S/C24H35N3O3S/c28-24(18-5-1-2-6-18)25-21-15-19-9-10-23(17-20(19)16-21)31(29,30)27-13-11-26(12-14-27)22-7-3-4-8-22/h9-10,17-18,21-22H,1-8,11-16H2,(H,25,28)/t21-/m1/s1. The Morgan fingerprint density at radius 3 is 2.23 bits per heavy atom. The van der Waals surface area contributed by atoms with Crippen molar-refractivity contribution in [1.29, 1.82) is 0 Å². The molecule has 7 heteroatoms. The molecule has 0 aromatic heterocycles. The van der Waals surface area contributed by atoms with Crippen molar-refractivity contribution in [2.24, 2.45) is 5.92 Å². The summed E-state index contributed by atoms with van der Waals surface area (Å²) in [5.41, 5.74) is 2.24. The van der Waals surface area contributed by atoms with E-state index >= 15 is 0 Å². The van der Waals surface area contributed by atoms with Crippen LogP contribution in [-0.4, -0.2) is 61.8 Å². The maximum absolute atomic E-state index is 13.3. The zero-order valence-corrected chi connectivity index (χ0v) is 19.2. The molecule has 3 fully saturated rings. The van der Waals surface area contributed by atoms with E-state index in [2.05, 4.69) is 10.2 Å². The van der Waals surface area contributed by atoms with Gasteiger partial charge < -0.3 is 5.32 Å². The van der Waals surface area contributed by atoms with Gasteiger partial charge in [-0.3, -0.25) is 9.69 Å². The van der Waals surface area contributed by atoms with E-state index in [1.807, 2.05) is 12.1 Å². The van der Waals surface area contributed by atoms with Crippen molar-refractivity contribution in [2.45, 2.75) is 81.2 Å². The van der Waals surface area contributed by atoms with Crippen molar-refractivity contribution in [1.82, 2.24) is 14.5 Å². The molecule has 0 bridgehead atoms.